The fraction of sp³-hybridized carbons (Fsp3) is 0.440. The molecule has 0 fully saturated rings. The molecule has 0 aliphatic rings. The van der Waals surface area contributed by atoms with Crippen molar-refractivity contribution < 1.29 is 14.3 Å². The Kier molecular flexibility index (Phi) is 9.85. The van der Waals surface area contributed by atoms with E-state index in [4.69, 9.17) is 27.9 Å². The predicted octanol–water partition coefficient (Wildman–Crippen LogP) is 5.63. The normalized spacial score (nSPS) is 11.7. The van der Waals surface area contributed by atoms with Crippen LogP contribution in [-0.4, -0.2) is 35.9 Å². The molecule has 0 radical (unpaired) electrons. The summed E-state index contributed by atoms with van der Waals surface area (Å²) in [4.78, 5) is 27.7. The number of hydrogen-bond acceptors (Lipinski definition) is 3. The third-order valence-electron chi connectivity index (χ3n) is 5.39. The molecule has 2 aromatic carbocycles. The molecule has 1 N–H and O–H groups in total. The van der Waals surface area contributed by atoms with Crippen LogP contribution in [0.1, 0.15) is 48.9 Å². The van der Waals surface area contributed by atoms with Crippen LogP contribution in [0.4, 0.5) is 0 Å². The highest BCUT2D eigenvalue weighted by Crippen LogP contribution is 2.25. The van der Waals surface area contributed by atoms with Crippen LogP contribution in [0.2, 0.25) is 10.0 Å². The first-order valence-electron chi connectivity index (χ1n) is 10.9. The van der Waals surface area contributed by atoms with E-state index in [2.05, 4.69) is 11.4 Å². The molecule has 0 aromatic heterocycles. The fourth-order valence-corrected chi connectivity index (χ4v) is 3.81. The maximum Gasteiger partial charge on any atom is 0.261 e. The molecule has 1 atom stereocenters. The average molecular weight is 479 g/mol. The lowest BCUT2D eigenvalue weighted by atomic mass is 10.1. The minimum Gasteiger partial charge on any atom is -0.483 e. The van der Waals surface area contributed by atoms with Crippen LogP contribution in [0.5, 0.6) is 5.75 Å². The van der Waals surface area contributed by atoms with Crippen molar-refractivity contribution in [1.82, 2.24) is 10.2 Å². The molecule has 2 aromatic rings. The van der Waals surface area contributed by atoms with Gasteiger partial charge in [-0.05, 0) is 74.1 Å². The molecule has 0 bridgehead atoms. The molecule has 0 spiro atoms. The number of amides is 2. The van der Waals surface area contributed by atoms with Crippen molar-refractivity contribution in [1.29, 1.82) is 0 Å². The van der Waals surface area contributed by atoms with Gasteiger partial charge in [-0.3, -0.25) is 9.59 Å². The van der Waals surface area contributed by atoms with E-state index in [0.717, 1.165) is 28.7 Å². The zero-order valence-corrected chi connectivity index (χ0v) is 20.9. The Bertz CT molecular complexity index is 962. The Morgan fingerprint density at radius 2 is 1.78 bits per heavy atom. The van der Waals surface area contributed by atoms with Gasteiger partial charge in [0.25, 0.3) is 5.91 Å². The summed E-state index contributed by atoms with van der Waals surface area (Å²) in [6, 6.07) is 8.59. The number of benzene rings is 2. The topological polar surface area (TPSA) is 58.6 Å². The first-order valence-corrected chi connectivity index (χ1v) is 11.6. The van der Waals surface area contributed by atoms with Crippen LogP contribution in [-0.2, 0) is 16.1 Å². The molecule has 32 heavy (non-hydrogen) atoms. The molecule has 0 aliphatic carbocycles. The van der Waals surface area contributed by atoms with Crippen molar-refractivity contribution in [2.45, 2.75) is 60.0 Å². The van der Waals surface area contributed by atoms with Gasteiger partial charge in [0, 0.05) is 13.1 Å². The van der Waals surface area contributed by atoms with Gasteiger partial charge in [-0.1, -0.05) is 49.2 Å². The Hall–Kier alpha value is -2.24. The summed E-state index contributed by atoms with van der Waals surface area (Å²) in [7, 11) is 0. The van der Waals surface area contributed by atoms with E-state index >= 15 is 0 Å². The van der Waals surface area contributed by atoms with Crippen molar-refractivity contribution in [3.05, 3.63) is 62.6 Å². The zero-order chi connectivity index (χ0) is 23.8. The lowest BCUT2D eigenvalue weighted by Crippen LogP contribution is -2.50. The number of aryl methyl sites for hydroxylation is 2. The van der Waals surface area contributed by atoms with Crippen LogP contribution in [0.15, 0.2) is 30.3 Å². The van der Waals surface area contributed by atoms with Gasteiger partial charge in [-0.15, -0.1) is 0 Å². The minimum absolute atomic E-state index is 0.164. The Balaban J connectivity index is 2.28. The Morgan fingerprint density at radius 1 is 1.06 bits per heavy atom. The Labute approximate surface area is 201 Å². The molecule has 0 saturated carbocycles. The number of carbonyl (C=O) groups is 2. The van der Waals surface area contributed by atoms with Crippen LogP contribution in [0.25, 0.3) is 0 Å². The van der Waals surface area contributed by atoms with Crippen molar-refractivity contribution in [2.75, 3.05) is 13.2 Å². The molecule has 0 aliphatic heterocycles. The zero-order valence-electron chi connectivity index (χ0n) is 19.4. The number of nitrogens with zero attached hydrogens (tertiary/aromatic N) is 1. The second-order valence-corrected chi connectivity index (χ2v) is 8.79. The van der Waals surface area contributed by atoms with E-state index < -0.39 is 6.04 Å². The molecular weight excluding hydrogens is 447 g/mol. The molecule has 0 unspecified atom stereocenters. The molecule has 2 rings (SSSR count). The maximum absolute atomic E-state index is 13.3. The smallest absolute Gasteiger partial charge is 0.261 e. The summed E-state index contributed by atoms with van der Waals surface area (Å²) in [5, 5.41) is 3.75. The van der Waals surface area contributed by atoms with Gasteiger partial charge < -0.3 is 15.0 Å². The van der Waals surface area contributed by atoms with Crippen LogP contribution in [0.3, 0.4) is 0 Å². The number of ether oxygens (including phenoxy) is 1. The van der Waals surface area contributed by atoms with E-state index in [-0.39, 0.29) is 25.0 Å². The third-order valence-corrected chi connectivity index (χ3v) is 6.13. The SMILES string of the molecule is CCCNC(=O)[C@@H](CC)N(Cc1ccc(Cl)c(Cl)c1)C(=O)COc1cc(C)cc(C)c1C. The van der Waals surface area contributed by atoms with Crippen molar-refractivity contribution in [2.24, 2.45) is 0 Å². The predicted molar refractivity (Wildman–Crippen MR) is 131 cm³/mol. The quantitative estimate of drug-likeness (QED) is 0.481. The summed E-state index contributed by atoms with van der Waals surface area (Å²) in [6.07, 6.45) is 1.29. The van der Waals surface area contributed by atoms with E-state index in [0.29, 0.717) is 28.8 Å². The summed E-state index contributed by atoms with van der Waals surface area (Å²) in [5.74, 6) is 0.229. The highest BCUT2D eigenvalue weighted by atomic mass is 35.5. The number of halogens is 2. The van der Waals surface area contributed by atoms with Crippen molar-refractivity contribution in [3.63, 3.8) is 0 Å². The van der Waals surface area contributed by atoms with Gasteiger partial charge in [0.05, 0.1) is 10.0 Å². The number of carbonyl (C=O) groups excluding carboxylic acids is 2. The summed E-state index contributed by atoms with van der Waals surface area (Å²) >= 11 is 12.2. The van der Waals surface area contributed by atoms with Crippen LogP contribution in [0, 0.1) is 20.8 Å². The van der Waals surface area contributed by atoms with Gasteiger partial charge in [0.2, 0.25) is 5.91 Å². The van der Waals surface area contributed by atoms with E-state index in [9.17, 15) is 9.59 Å². The van der Waals surface area contributed by atoms with Crippen molar-refractivity contribution >= 4 is 35.0 Å². The largest absolute Gasteiger partial charge is 0.483 e. The molecule has 2 amide bonds. The highest BCUT2D eigenvalue weighted by Gasteiger charge is 2.29. The van der Waals surface area contributed by atoms with E-state index in [1.807, 2.05) is 40.7 Å². The Morgan fingerprint density at radius 3 is 2.41 bits per heavy atom. The lowest BCUT2D eigenvalue weighted by Gasteiger charge is -2.30. The minimum atomic E-state index is -0.618. The second kappa shape index (κ2) is 12.1. The first-order chi connectivity index (χ1) is 15.2. The first kappa shape index (κ1) is 26.0. The van der Waals surface area contributed by atoms with Gasteiger partial charge in [-0.2, -0.15) is 0 Å². The maximum atomic E-state index is 13.3. The van der Waals surface area contributed by atoms with Crippen LogP contribution >= 0.6 is 23.2 Å². The van der Waals surface area contributed by atoms with E-state index in [1.54, 1.807) is 23.1 Å². The molecule has 7 heteroatoms. The summed E-state index contributed by atoms with van der Waals surface area (Å²) < 4.78 is 5.91. The van der Waals surface area contributed by atoms with Gasteiger partial charge >= 0.3 is 0 Å². The molecule has 5 nitrogen and oxygen atoms in total. The number of rotatable bonds is 10. The second-order valence-electron chi connectivity index (χ2n) is 7.98. The van der Waals surface area contributed by atoms with Gasteiger partial charge in [0.15, 0.2) is 6.61 Å². The van der Waals surface area contributed by atoms with Crippen LogP contribution < -0.4 is 10.1 Å². The number of hydrogen-bond donors (Lipinski definition) is 1. The molecule has 174 valence electrons. The standard InChI is InChI=1S/C25H32Cl2N2O3/c1-6-10-28-25(31)22(7-2)29(14-19-8-9-20(26)21(27)13-19)24(30)15-32-23-12-16(3)11-17(4)18(23)5/h8-9,11-13,22H,6-7,10,14-15H2,1-5H3,(H,28,31)/t22-/m1/s1. The molecule has 0 saturated heterocycles. The highest BCUT2D eigenvalue weighted by molar-refractivity contribution is 6.42. The average Bonchev–Trinajstić information content (AvgIpc) is 2.75. The van der Waals surface area contributed by atoms with Gasteiger partial charge in [-0.25, -0.2) is 0 Å². The molecule has 0 heterocycles. The summed E-state index contributed by atoms with van der Waals surface area (Å²) in [5.41, 5.74) is 3.95. The third kappa shape index (κ3) is 6.88. The monoisotopic (exact) mass is 478 g/mol. The number of nitrogens with one attached hydrogen (secondary N) is 1. The fourth-order valence-electron chi connectivity index (χ4n) is 3.49. The summed E-state index contributed by atoms with van der Waals surface area (Å²) in [6.45, 7) is 10.5. The van der Waals surface area contributed by atoms with Crippen molar-refractivity contribution in [3.8, 4) is 5.75 Å². The van der Waals surface area contributed by atoms with Gasteiger partial charge in [0.1, 0.15) is 11.8 Å². The van der Waals surface area contributed by atoms with E-state index in [1.165, 1.54) is 0 Å². The molecular formula is C25H32Cl2N2O3. The lowest BCUT2D eigenvalue weighted by molar-refractivity contribution is -0.143.